The highest BCUT2D eigenvalue weighted by atomic mass is 16.6. The molecule has 6 rings (SSSR count). The van der Waals surface area contributed by atoms with Crippen LogP contribution in [0, 0.1) is 24.0 Å². The molecule has 4 aromatic rings. The average Bonchev–Trinajstić information content (AvgIpc) is 3.66. The number of aryl methyl sites for hydroxylation is 2. The number of para-hydroxylation sites is 2. The summed E-state index contributed by atoms with van der Waals surface area (Å²) in [5.74, 6) is -0.572. The van der Waals surface area contributed by atoms with E-state index in [1.807, 2.05) is 73.8 Å². The van der Waals surface area contributed by atoms with Crippen LogP contribution in [0.25, 0.3) is 5.69 Å². The molecule has 2 heterocycles. The van der Waals surface area contributed by atoms with Gasteiger partial charge in [0.05, 0.1) is 22.0 Å². The summed E-state index contributed by atoms with van der Waals surface area (Å²) < 4.78 is 2.11. The van der Waals surface area contributed by atoms with Crippen LogP contribution in [0.5, 0.6) is 0 Å². The van der Waals surface area contributed by atoms with E-state index in [1.165, 1.54) is 6.07 Å². The summed E-state index contributed by atoms with van der Waals surface area (Å²) in [5.41, 5.74) is 5.33. The number of fused-ring (bicyclic) bond motifs is 3. The Balaban J connectivity index is 1.39. The van der Waals surface area contributed by atoms with Crippen LogP contribution in [-0.4, -0.2) is 38.8 Å². The maximum atomic E-state index is 14.3. The van der Waals surface area contributed by atoms with Gasteiger partial charge in [0, 0.05) is 29.4 Å². The molecule has 0 spiro atoms. The minimum Gasteiger partial charge on any atom is -0.326 e. The summed E-state index contributed by atoms with van der Waals surface area (Å²) in [6.07, 6.45) is 3.60. The number of nitrogens with zero attached hydrogens (tertiary/aromatic N) is 4. The Morgan fingerprint density at radius 3 is 2.36 bits per heavy atom. The average molecular weight is 521 g/mol. The molecule has 1 fully saturated rings. The number of anilines is 1. The molecule has 196 valence electrons. The van der Waals surface area contributed by atoms with Crippen molar-refractivity contribution in [3.8, 4) is 5.69 Å². The predicted molar refractivity (Wildman–Crippen MR) is 148 cm³/mol. The van der Waals surface area contributed by atoms with Gasteiger partial charge >= 0.3 is 0 Å². The number of nitro groups is 1. The van der Waals surface area contributed by atoms with Gasteiger partial charge in [-0.15, -0.1) is 0 Å². The van der Waals surface area contributed by atoms with Gasteiger partial charge < -0.3 is 9.47 Å². The smallest absolute Gasteiger partial charge is 0.273 e. The molecular formula is C31H28N4O4. The fourth-order valence-electron chi connectivity index (χ4n) is 5.41. The Hall–Kier alpha value is -4.72. The fraction of sp³-hybridized carbons (Fsp3) is 0.226. The van der Waals surface area contributed by atoms with Crippen molar-refractivity contribution in [2.24, 2.45) is 0 Å². The zero-order chi connectivity index (χ0) is 27.3. The van der Waals surface area contributed by atoms with Crippen molar-refractivity contribution in [1.29, 1.82) is 0 Å². The van der Waals surface area contributed by atoms with Gasteiger partial charge in [-0.25, -0.2) is 0 Å². The number of carbonyl (C=O) groups excluding carboxylic acids is 2. The monoisotopic (exact) mass is 520 g/mol. The largest absolute Gasteiger partial charge is 0.326 e. The number of amides is 2. The highest BCUT2D eigenvalue weighted by molar-refractivity contribution is 6.03. The second-order valence-corrected chi connectivity index (χ2v) is 10.3. The number of nitro benzene ring substituents is 1. The Bertz CT molecular complexity index is 1600. The maximum Gasteiger partial charge on any atom is 0.273 e. The molecule has 2 amide bonds. The van der Waals surface area contributed by atoms with E-state index in [1.54, 1.807) is 28.9 Å². The molecule has 1 unspecified atom stereocenters. The second-order valence-electron chi connectivity index (χ2n) is 10.3. The predicted octanol–water partition coefficient (Wildman–Crippen LogP) is 5.74. The van der Waals surface area contributed by atoms with Crippen molar-refractivity contribution in [3.63, 3.8) is 0 Å². The topological polar surface area (TPSA) is 88.7 Å². The van der Waals surface area contributed by atoms with Crippen LogP contribution in [0.1, 0.15) is 51.6 Å². The van der Waals surface area contributed by atoms with Gasteiger partial charge in [0.1, 0.15) is 12.6 Å². The third kappa shape index (κ3) is 4.37. The second kappa shape index (κ2) is 9.54. The number of hydrogen-bond donors (Lipinski definition) is 0. The van der Waals surface area contributed by atoms with Crippen LogP contribution >= 0.6 is 0 Å². The van der Waals surface area contributed by atoms with Gasteiger partial charge in [0.15, 0.2) is 0 Å². The summed E-state index contributed by atoms with van der Waals surface area (Å²) in [4.78, 5) is 42.3. The summed E-state index contributed by atoms with van der Waals surface area (Å²) >= 11 is 0. The van der Waals surface area contributed by atoms with E-state index in [0.29, 0.717) is 5.56 Å². The van der Waals surface area contributed by atoms with Crippen LogP contribution in [0.3, 0.4) is 0 Å². The molecule has 0 radical (unpaired) electrons. The minimum atomic E-state index is -0.481. The first kappa shape index (κ1) is 24.6. The highest BCUT2D eigenvalue weighted by Gasteiger charge is 2.40. The van der Waals surface area contributed by atoms with Crippen LogP contribution in [0.4, 0.5) is 11.4 Å². The van der Waals surface area contributed by atoms with E-state index in [-0.39, 0.29) is 41.7 Å². The van der Waals surface area contributed by atoms with Crippen molar-refractivity contribution in [1.82, 2.24) is 9.47 Å². The fourth-order valence-corrected chi connectivity index (χ4v) is 5.41. The zero-order valence-electron chi connectivity index (χ0n) is 21.8. The number of rotatable bonds is 6. The third-order valence-electron chi connectivity index (χ3n) is 7.59. The lowest BCUT2D eigenvalue weighted by atomic mass is 9.97. The molecule has 3 aromatic carbocycles. The highest BCUT2D eigenvalue weighted by Crippen LogP contribution is 2.42. The first-order chi connectivity index (χ1) is 18.8. The van der Waals surface area contributed by atoms with Crippen LogP contribution < -0.4 is 4.90 Å². The lowest BCUT2D eigenvalue weighted by Crippen LogP contribution is -2.47. The number of aromatic nitrogens is 1. The quantitative estimate of drug-likeness (QED) is 0.239. The van der Waals surface area contributed by atoms with Gasteiger partial charge in [-0.3, -0.25) is 24.6 Å². The van der Waals surface area contributed by atoms with Gasteiger partial charge in [-0.2, -0.15) is 0 Å². The number of hydrogen-bond acceptors (Lipinski definition) is 4. The molecule has 0 saturated heterocycles. The molecule has 1 atom stereocenters. The molecule has 0 N–H and O–H groups in total. The summed E-state index contributed by atoms with van der Waals surface area (Å²) in [5, 5.41) is 11.5. The van der Waals surface area contributed by atoms with Crippen molar-refractivity contribution in [2.75, 3.05) is 11.4 Å². The molecule has 8 nitrogen and oxygen atoms in total. The Labute approximate surface area is 226 Å². The van der Waals surface area contributed by atoms with Gasteiger partial charge in [0.25, 0.3) is 11.6 Å². The molecule has 1 saturated carbocycles. The first-order valence-electron chi connectivity index (χ1n) is 13.0. The zero-order valence-corrected chi connectivity index (χ0v) is 21.8. The lowest BCUT2D eigenvalue weighted by Gasteiger charge is -2.39. The summed E-state index contributed by atoms with van der Waals surface area (Å²) in [6, 6.07) is 24.0. The van der Waals surface area contributed by atoms with Gasteiger partial charge in [-0.1, -0.05) is 48.0 Å². The van der Waals surface area contributed by atoms with E-state index < -0.39 is 4.92 Å². The Morgan fingerprint density at radius 1 is 0.949 bits per heavy atom. The minimum absolute atomic E-state index is 0.0662. The number of carbonyl (C=O) groups is 2. The SMILES string of the molecule is Cc1ccc(C2c3cccn3-c3ccccc3N2C(=O)CN(C(=O)c2ccc(C)c([N+](=O)[O-])c2)C2CC2)cc1. The molecule has 1 aromatic heterocycles. The standard InChI is InChI=1S/C31H28N4O4/c1-20-9-12-22(13-10-20)30-27-8-5-17-32(27)25-6-3-4-7-26(25)34(30)29(36)19-33(24-15-16-24)31(37)23-14-11-21(2)28(18-23)35(38)39/h3-14,17-18,24,30H,15-16,19H2,1-2H3. The third-order valence-corrected chi connectivity index (χ3v) is 7.59. The van der Waals surface area contributed by atoms with Crippen molar-refractivity contribution in [3.05, 3.63) is 123 Å². The lowest BCUT2D eigenvalue weighted by molar-refractivity contribution is -0.385. The Morgan fingerprint density at radius 2 is 1.67 bits per heavy atom. The van der Waals surface area contributed by atoms with E-state index in [9.17, 15) is 19.7 Å². The number of benzene rings is 3. The molecular weight excluding hydrogens is 492 g/mol. The van der Waals surface area contributed by atoms with Crippen LogP contribution in [0.2, 0.25) is 0 Å². The van der Waals surface area contributed by atoms with Crippen molar-refractivity contribution < 1.29 is 14.5 Å². The summed E-state index contributed by atoms with van der Waals surface area (Å²) in [7, 11) is 0. The Kier molecular flexibility index (Phi) is 6.02. The van der Waals surface area contributed by atoms with Crippen molar-refractivity contribution in [2.45, 2.75) is 38.8 Å². The first-order valence-corrected chi connectivity index (χ1v) is 13.0. The van der Waals surface area contributed by atoms with E-state index in [0.717, 1.165) is 41.0 Å². The maximum absolute atomic E-state index is 14.3. The molecule has 39 heavy (non-hydrogen) atoms. The van der Waals surface area contributed by atoms with Crippen molar-refractivity contribution >= 4 is 23.2 Å². The molecule has 8 heteroatoms. The van der Waals surface area contributed by atoms with E-state index in [2.05, 4.69) is 4.57 Å². The van der Waals surface area contributed by atoms with Crippen LogP contribution in [0.15, 0.2) is 85.1 Å². The molecule has 1 aliphatic heterocycles. The normalized spacial score (nSPS) is 15.8. The van der Waals surface area contributed by atoms with Gasteiger partial charge in [-0.05, 0) is 62.6 Å². The van der Waals surface area contributed by atoms with E-state index >= 15 is 0 Å². The van der Waals surface area contributed by atoms with Gasteiger partial charge in [0.2, 0.25) is 5.91 Å². The molecule has 0 bridgehead atoms. The summed E-state index contributed by atoms with van der Waals surface area (Å²) in [6.45, 7) is 3.55. The molecule has 1 aliphatic carbocycles. The molecule has 2 aliphatic rings. The van der Waals surface area contributed by atoms with Crippen LogP contribution in [-0.2, 0) is 4.79 Å². The van der Waals surface area contributed by atoms with E-state index in [4.69, 9.17) is 0 Å².